The zero-order valence-corrected chi connectivity index (χ0v) is 8.10. The summed E-state index contributed by atoms with van der Waals surface area (Å²) in [5.74, 6) is -1.07. The van der Waals surface area contributed by atoms with Gasteiger partial charge in [0, 0.05) is 25.9 Å². The lowest BCUT2D eigenvalue weighted by molar-refractivity contribution is -0.0635. The molecule has 2 rings (SSSR count). The molecule has 13 heavy (non-hydrogen) atoms. The standard InChI is InChI=1S/C10H17F2N/c1-13-6-9(7-13)8-2-4-10(11,12)5-3-8/h8-9H,2-7H2,1H3. The first-order valence-electron chi connectivity index (χ1n) is 5.13. The number of halogens is 2. The molecule has 3 heteroatoms. The zero-order chi connectivity index (χ0) is 9.47. The molecule has 0 radical (unpaired) electrons. The van der Waals surface area contributed by atoms with Crippen molar-refractivity contribution >= 4 is 0 Å². The maximum absolute atomic E-state index is 12.8. The fourth-order valence-corrected chi connectivity index (χ4v) is 2.58. The first kappa shape index (κ1) is 9.38. The number of hydrogen-bond acceptors (Lipinski definition) is 1. The molecule has 0 N–H and O–H groups in total. The molecule has 0 amide bonds. The Kier molecular flexibility index (Phi) is 2.30. The molecule has 1 aliphatic heterocycles. The average Bonchev–Trinajstić information content (AvgIpc) is 2.00. The molecule has 1 nitrogen and oxygen atoms in total. The number of rotatable bonds is 1. The van der Waals surface area contributed by atoms with E-state index >= 15 is 0 Å². The summed E-state index contributed by atoms with van der Waals surface area (Å²) in [7, 11) is 2.09. The Labute approximate surface area is 78.1 Å². The van der Waals surface area contributed by atoms with E-state index in [1.54, 1.807) is 0 Å². The maximum atomic E-state index is 12.8. The van der Waals surface area contributed by atoms with E-state index in [-0.39, 0.29) is 12.8 Å². The van der Waals surface area contributed by atoms with E-state index in [2.05, 4.69) is 11.9 Å². The number of alkyl halides is 2. The van der Waals surface area contributed by atoms with E-state index in [1.165, 1.54) is 0 Å². The van der Waals surface area contributed by atoms with Crippen LogP contribution in [0.25, 0.3) is 0 Å². The number of hydrogen-bond donors (Lipinski definition) is 0. The van der Waals surface area contributed by atoms with Crippen LogP contribution >= 0.6 is 0 Å². The monoisotopic (exact) mass is 189 g/mol. The largest absolute Gasteiger partial charge is 0.306 e. The predicted octanol–water partition coefficient (Wildman–Crippen LogP) is 2.37. The average molecular weight is 189 g/mol. The number of nitrogens with zero attached hydrogens (tertiary/aromatic N) is 1. The van der Waals surface area contributed by atoms with Crippen LogP contribution < -0.4 is 0 Å². The molecule has 0 bridgehead atoms. The van der Waals surface area contributed by atoms with E-state index in [9.17, 15) is 8.78 Å². The topological polar surface area (TPSA) is 3.24 Å². The molecule has 1 saturated heterocycles. The zero-order valence-electron chi connectivity index (χ0n) is 8.10. The van der Waals surface area contributed by atoms with Crippen LogP contribution in [-0.4, -0.2) is 31.0 Å². The first-order chi connectivity index (χ1) is 6.07. The highest BCUT2D eigenvalue weighted by Crippen LogP contribution is 2.41. The minimum absolute atomic E-state index is 0.123. The summed E-state index contributed by atoms with van der Waals surface area (Å²) in [6, 6.07) is 0. The summed E-state index contributed by atoms with van der Waals surface area (Å²) in [6.45, 7) is 2.24. The van der Waals surface area contributed by atoms with Crippen molar-refractivity contribution in [1.29, 1.82) is 0 Å². The van der Waals surface area contributed by atoms with Gasteiger partial charge in [-0.15, -0.1) is 0 Å². The van der Waals surface area contributed by atoms with Crippen molar-refractivity contribution in [3.63, 3.8) is 0 Å². The third-order valence-electron chi connectivity index (χ3n) is 3.52. The van der Waals surface area contributed by atoms with Crippen LogP contribution in [0.1, 0.15) is 25.7 Å². The summed E-state index contributed by atoms with van der Waals surface area (Å²) in [4.78, 5) is 2.26. The fraction of sp³-hybridized carbons (Fsp3) is 1.00. The lowest BCUT2D eigenvalue weighted by Crippen LogP contribution is -2.48. The van der Waals surface area contributed by atoms with Crippen molar-refractivity contribution in [2.24, 2.45) is 11.8 Å². The van der Waals surface area contributed by atoms with Gasteiger partial charge in [-0.1, -0.05) is 0 Å². The fourth-order valence-electron chi connectivity index (χ4n) is 2.58. The Hall–Kier alpha value is -0.180. The van der Waals surface area contributed by atoms with Gasteiger partial charge in [0.2, 0.25) is 5.92 Å². The Bertz CT molecular complexity index is 177. The van der Waals surface area contributed by atoms with Crippen molar-refractivity contribution in [3.8, 4) is 0 Å². The van der Waals surface area contributed by atoms with Gasteiger partial charge < -0.3 is 4.90 Å². The highest BCUT2D eigenvalue weighted by molar-refractivity contribution is 4.87. The molecule has 1 saturated carbocycles. The first-order valence-corrected chi connectivity index (χ1v) is 5.13. The van der Waals surface area contributed by atoms with Gasteiger partial charge in [-0.3, -0.25) is 0 Å². The second-order valence-corrected chi connectivity index (χ2v) is 4.67. The molecule has 0 spiro atoms. The highest BCUT2D eigenvalue weighted by atomic mass is 19.3. The summed E-state index contributed by atoms with van der Waals surface area (Å²) in [5.41, 5.74) is 0. The van der Waals surface area contributed by atoms with Crippen LogP contribution in [0.4, 0.5) is 8.78 Å². The molecular weight excluding hydrogens is 172 g/mol. The van der Waals surface area contributed by atoms with Crippen molar-refractivity contribution < 1.29 is 8.78 Å². The van der Waals surface area contributed by atoms with Crippen LogP contribution in [0.2, 0.25) is 0 Å². The van der Waals surface area contributed by atoms with E-state index in [0.29, 0.717) is 11.8 Å². The highest BCUT2D eigenvalue weighted by Gasteiger charge is 2.40. The van der Waals surface area contributed by atoms with Crippen molar-refractivity contribution in [2.45, 2.75) is 31.6 Å². The van der Waals surface area contributed by atoms with E-state index in [1.807, 2.05) is 0 Å². The maximum Gasteiger partial charge on any atom is 0.248 e. The second-order valence-electron chi connectivity index (χ2n) is 4.67. The minimum atomic E-state index is -2.36. The molecule has 0 atom stereocenters. The lowest BCUT2D eigenvalue weighted by atomic mass is 9.75. The summed E-state index contributed by atoms with van der Waals surface area (Å²) >= 11 is 0. The smallest absolute Gasteiger partial charge is 0.248 e. The van der Waals surface area contributed by atoms with Gasteiger partial charge in [0.25, 0.3) is 0 Å². The van der Waals surface area contributed by atoms with Crippen LogP contribution in [0, 0.1) is 11.8 Å². The Morgan fingerprint density at radius 2 is 1.62 bits per heavy atom. The normalized spacial score (nSPS) is 31.6. The third-order valence-corrected chi connectivity index (χ3v) is 3.52. The summed E-state index contributed by atoms with van der Waals surface area (Å²) in [6.07, 6.45) is 1.73. The minimum Gasteiger partial charge on any atom is -0.306 e. The van der Waals surface area contributed by atoms with Crippen molar-refractivity contribution in [2.75, 3.05) is 20.1 Å². The SMILES string of the molecule is CN1CC(C2CCC(F)(F)CC2)C1. The second kappa shape index (κ2) is 3.19. The molecule has 2 fully saturated rings. The molecule has 1 aliphatic carbocycles. The van der Waals surface area contributed by atoms with Crippen LogP contribution in [0.3, 0.4) is 0 Å². The Morgan fingerprint density at radius 1 is 1.08 bits per heavy atom. The molecule has 0 aromatic carbocycles. The van der Waals surface area contributed by atoms with Crippen molar-refractivity contribution in [3.05, 3.63) is 0 Å². The van der Waals surface area contributed by atoms with Crippen LogP contribution in [0.15, 0.2) is 0 Å². The van der Waals surface area contributed by atoms with Gasteiger partial charge in [0.1, 0.15) is 0 Å². The van der Waals surface area contributed by atoms with Gasteiger partial charge in [-0.05, 0) is 31.7 Å². The van der Waals surface area contributed by atoms with E-state index in [0.717, 1.165) is 25.9 Å². The Morgan fingerprint density at radius 3 is 2.08 bits per heavy atom. The third kappa shape index (κ3) is 2.01. The predicted molar refractivity (Wildman–Crippen MR) is 47.9 cm³/mol. The van der Waals surface area contributed by atoms with Crippen LogP contribution in [-0.2, 0) is 0 Å². The molecule has 0 aromatic rings. The van der Waals surface area contributed by atoms with Gasteiger partial charge in [-0.2, -0.15) is 0 Å². The summed E-state index contributed by atoms with van der Waals surface area (Å²) in [5, 5.41) is 0. The molecular formula is C10H17F2N. The molecule has 76 valence electrons. The van der Waals surface area contributed by atoms with Gasteiger partial charge in [0.05, 0.1) is 0 Å². The van der Waals surface area contributed by atoms with Crippen molar-refractivity contribution in [1.82, 2.24) is 4.90 Å². The molecule has 0 aromatic heterocycles. The molecule has 0 unspecified atom stereocenters. The van der Waals surface area contributed by atoms with Crippen LogP contribution in [0.5, 0.6) is 0 Å². The van der Waals surface area contributed by atoms with Gasteiger partial charge in [-0.25, -0.2) is 8.78 Å². The van der Waals surface area contributed by atoms with E-state index < -0.39 is 5.92 Å². The quantitative estimate of drug-likeness (QED) is 0.612. The Balaban J connectivity index is 1.79. The lowest BCUT2D eigenvalue weighted by Gasteiger charge is -2.43. The van der Waals surface area contributed by atoms with Gasteiger partial charge >= 0.3 is 0 Å². The summed E-state index contributed by atoms with van der Waals surface area (Å²) < 4.78 is 25.7. The van der Waals surface area contributed by atoms with Gasteiger partial charge in [0.15, 0.2) is 0 Å². The van der Waals surface area contributed by atoms with E-state index in [4.69, 9.17) is 0 Å². The number of likely N-dealkylation sites (tertiary alicyclic amines) is 1. The molecule has 1 heterocycles. The molecule has 2 aliphatic rings.